The molecular weight excluding hydrogens is 799 g/mol. The molecule has 0 bridgehead atoms. The van der Waals surface area contributed by atoms with Gasteiger partial charge >= 0.3 is 12.2 Å². The number of fused-ring (bicyclic) bond motifs is 2. The third-order valence-corrected chi connectivity index (χ3v) is 13.7. The number of benzene rings is 3. The first-order valence-corrected chi connectivity index (χ1v) is 22.7. The highest BCUT2D eigenvalue weighted by molar-refractivity contribution is 5.87. The van der Waals surface area contributed by atoms with Crippen molar-refractivity contribution in [2.45, 2.75) is 121 Å². The van der Waals surface area contributed by atoms with E-state index in [9.17, 15) is 24.3 Å². The molecule has 63 heavy (non-hydrogen) atoms. The summed E-state index contributed by atoms with van der Waals surface area (Å²) in [5.74, 6) is 1.45. The van der Waals surface area contributed by atoms with Crippen LogP contribution in [0.3, 0.4) is 0 Å². The molecule has 3 saturated heterocycles. The van der Waals surface area contributed by atoms with Crippen molar-refractivity contribution in [3.05, 3.63) is 89.0 Å². The van der Waals surface area contributed by atoms with Gasteiger partial charge in [-0.05, 0) is 122 Å². The van der Waals surface area contributed by atoms with Crippen molar-refractivity contribution in [2.75, 3.05) is 25.1 Å². The Labute approximate surface area is 367 Å². The molecule has 0 unspecified atom stereocenters. The SMILES string of the molecule is COC(=O)N[C@H](C(=O)N1CCC[C@H]1c1nc2ccc([C@H]3CC[C@H](c4ccc5nc([C@@H]6CCCN6C(=O)[C@@H](NC(=O)O)C(C)C)[nH]c5c4)N3c3ccc(C4CC4)cc3)cc2[nH]1)C(C)C. The number of carbonyl (C=O) groups is 4. The van der Waals surface area contributed by atoms with Crippen LogP contribution in [0.5, 0.6) is 0 Å². The molecule has 5 heterocycles. The fourth-order valence-electron chi connectivity index (χ4n) is 10.3. The Bertz CT molecular complexity index is 2510. The molecule has 1 saturated carbocycles. The summed E-state index contributed by atoms with van der Waals surface area (Å²) < 4.78 is 4.83. The monoisotopic (exact) mass is 857 g/mol. The number of hydrogen-bond donors (Lipinski definition) is 5. The van der Waals surface area contributed by atoms with Gasteiger partial charge in [-0.3, -0.25) is 9.59 Å². The fraction of sp³-hybridized carbons (Fsp3) is 0.500. The van der Waals surface area contributed by atoms with Gasteiger partial charge in [0.1, 0.15) is 23.7 Å². The van der Waals surface area contributed by atoms with Gasteiger partial charge in [-0.25, -0.2) is 19.6 Å². The predicted octanol–water partition coefficient (Wildman–Crippen LogP) is 8.40. The maximum Gasteiger partial charge on any atom is 0.407 e. The van der Waals surface area contributed by atoms with Gasteiger partial charge in [0.2, 0.25) is 11.8 Å². The number of carboxylic acid groups (broad SMARTS) is 1. The molecule has 1 aliphatic carbocycles. The summed E-state index contributed by atoms with van der Waals surface area (Å²) in [6.45, 7) is 8.67. The quantitative estimate of drug-likeness (QED) is 0.0821. The van der Waals surface area contributed by atoms with Crippen LogP contribution >= 0.6 is 0 Å². The highest BCUT2D eigenvalue weighted by Gasteiger charge is 2.40. The van der Waals surface area contributed by atoms with Gasteiger partial charge in [-0.2, -0.15) is 0 Å². The summed E-state index contributed by atoms with van der Waals surface area (Å²) in [6.07, 6.45) is 5.70. The van der Waals surface area contributed by atoms with E-state index in [4.69, 9.17) is 14.7 Å². The molecule has 0 spiro atoms. The second kappa shape index (κ2) is 17.2. The van der Waals surface area contributed by atoms with E-state index in [1.165, 1.54) is 36.6 Å². The number of amides is 4. The Hall–Kier alpha value is -6.12. The number of aromatic nitrogens is 4. The zero-order valence-electron chi connectivity index (χ0n) is 36.8. The molecule has 2 aromatic heterocycles. The minimum Gasteiger partial charge on any atom is -0.465 e. The van der Waals surface area contributed by atoms with Gasteiger partial charge in [0.05, 0.1) is 53.3 Å². The number of aromatic amines is 2. The lowest BCUT2D eigenvalue weighted by molar-refractivity contribution is -0.136. The van der Waals surface area contributed by atoms with Crippen LogP contribution in [-0.4, -0.2) is 91.1 Å². The zero-order chi connectivity index (χ0) is 44.1. The number of rotatable bonds is 12. The van der Waals surface area contributed by atoms with Crippen LogP contribution in [0.25, 0.3) is 22.1 Å². The Morgan fingerprint density at radius 1 is 0.651 bits per heavy atom. The van der Waals surface area contributed by atoms with Crippen molar-refractivity contribution in [2.24, 2.45) is 11.8 Å². The van der Waals surface area contributed by atoms with Gasteiger partial charge in [0, 0.05) is 18.8 Å². The highest BCUT2D eigenvalue weighted by Crippen LogP contribution is 2.49. The smallest absolute Gasteiger partial charge is 0.407 e. The molecule has 6 atom stereocenters. The molecule has 5 aromatic rings. The van der Waals surface area contributed by atoms with E-state index in [-0.39, 0.29) is 47.8 Å². The van der Waals surface area contributed by atoms with Gasteiger partial charge in [0.25, 0.3) is 0 Å². The Morgan fingerprint density at radius 2 is 1.13 bits per heavy atom. The average molecular weight is 858 g/mol. The van der Waals surface area contributed by atoms with Crippen molar-refractivity contribution >= 4 is 51.8 Å². The molecular formula is C48H59N9O6. The molecule has 5 N–H and O–H groups in total. The molecule has 332 valence electrons. The first-order valence-electron chi connectivity index (χ1n) is 22.7. The van der Waals surface area contributed by atoms with Gasteiger partial charge in [0.15, 0.2) is 0 Å². The summed E-state index contributed by atoms with van der Waals surface area (Å²) >= 11 is 0. The van der Waals surface area contributed by atoms with Gasteiger partial charge < -0.3 is 45.1 Å². The predicted molar refractivity (Wildman–Crippen MR) is 239 cm³/mol. The summed E-state index contributed by atoms with van der Waals surface area (Å²) in [6, 6.07) is 20.2. The van der Waals surface area contributed by atoms with Crippen LogP contribution < -0.4 is 15.5 Å². The Kier molecular flexibility index (Phi) is 11.5. The van der Waals surface area contributed by atoms with E-state index in [0.717, 1.165) is 77.9 Å². The number of hydrogen-bond acceptors (Lipinski definition) is 8. The lowest BCUT2D eigenvalue weighted by Crippen LogP contribution is -2.51. The molecule has 0 radical (unpaired) electrons. The second-order valence-electron chi connectivity index (χ2n) is 18.6. The zero-order valence-corrected chi connectivity index (χ0v) is 36.8. The van der Waals surface area contributed by atoms with E-state index in [0.29, 0.717) is 19.0 Å². The molecule has 4 amide bonds. The number of H-pyrrole nitrogens is 2. The number of nitrogens with one attached hydrogen (secondary N) is 4. The average Bonchev–Trinajstić information content (AvgIpc) is 3.81. The minimum absolute atomic E-state index is 0.0787. The van der Waals surface area contributed by atoms with Crippen LogP contribution in [0.4, 0.5) is 15.3 Å². The minimum atomic E-state index is -1.21. The highest BCUT2D eigenvalue weighted by atomic mass is 16.5. The Morgan fingerprint density at radius 3 is 1.57 bits per heavy atom. The maximum absolute atomic E-state index is 13.9. The first kappa shape index (κ1) is 42.2. The topological polar surface area (TPSA) is 189 Å². The third-order valence-electron chi connectivity index (χ3n) is 13.7. The van der Waals surface area contributed by atoms with Crippen LogP contribution in [0.2, 0.25) is 0 Å². The number of anilines is 1. The number of ether oxygens (including phenoxy) is 1. The van der Waals surface area contributed by atoms with Crippen molar-refractivity contribution in [1.29, 1.82) is 0 Å². The summed E-state index contributed by atoms with van der Waals surface area (Å²) in [4.78, 5) is 74.6. The van der Waals surface area contributed by atoms with Crippen LogP contribution in [0.1, 0.15) is 137 Å². The van der Waals surface area contributed by atoms with E-state index in [2.05, 4.69) is 86.2 Å². The lowest BCUT2D eigenvalue weighted by Gasteiger charge is -2.33. The van der Waals surface area contributed by atoms with E-state index >= 15 is 0 Å². The lowest BCUT2D eigenvalue weighted by atomic mass is 10.0. The second-order valence-corrected chi connectivity index (χ2v) is 18.6. The number of carbonyl (C=O) groups excluding carboxylic acids is 3. The normalized spacial score (nSPS) is 22.4. The van der Waals surface area contributed by atoms with Crippen molar-refractivity contribution in [3.8, 4) is 0 Å². The van der Waals surface area contributed by atoms with Crippen molar-refractivity contribution in [1.82, 2.24) is 40.4 Å². The van der Waals surface area contributed by atoms with Gasteiger partial charge in [-0.1, -0.05) is 52.0 Å². The van der Waals surface area contributed by atoms with Crippen LogP contribution in [0.15, 0.2) is 60.7 Å². The van der Waals surface area contributed by atoms with Crippen LogP contribution in [-0.2, 0) is 14.3 Å². The molecule has 4 aliphatic rings. The number of nitrogens with zero attached hydrogens (tertiary/aromatic N) is 5. The molecule has 9 rings (SSSR count). The third kappa shape index (κ3) is 8.29. The number of alkyl carbamates (subject to hydrolysis) is 1. The number of methoxy groups -OCH3 is 1. The maximum atomic E-state index is 13.9. The fourth-order valence-corrected chi connectivity index (χ4v) is 10.3. The van der Waals surface area contributed by atoms with Crippen molar-refractivity contribution in [3.63, 3.8) is 0 Å². The largest absolute Gasteiger partial charge is 0.465 e. The van der Waals surface area contributed by atoms with Crippen LogP contribution in [0, 0.1) is 11.8 Å². The molecule has 15 nitrogen and oxygen atoms in total. The van der Waals surface area contributed by atoms with Crippen molar-refractivity contribution < 1.29 is 29.0 Å². The first-order chi connectivity index (χ1) is 30.4. The molecule has 15 heteroatoms. The Balaban J connectivity index is 0.998. The van der Waals surface area contributed by atoms with E-state index in [1.807, 2.05) is 32.6 Å². The number of likely N-dealkylation sites (tertiary alicyclic amines) is 2. The summed E-state index contributed by atoms with van der Waals surface area (Å²) in [7, 11) is 1.30. The molecule has 3 aliphatic heterocycles. The summed E-state index contributed by atoms with van der Waals surface area (Å²) in [5.41, 5.74) is 8.41. The molecule has 3 aromatic carbocycles. The summed E-state index contributed by atoms with van der Waals surface area (Å²) in [5, 5.41) is 14.6. The van der Waals surface area contributed by atoms with E-state index < -0.39 is 24.3 Å². The van der Waals surface area contributed by atoms with E-state index in [1.54, 1.807) is 4.90 Å². The number of imidazole rings is 2. The standard InChI is InChI=1S/C48H59N9O6/c1-26(2)41(53-47(60)61)45(58)55-22-6-8-39(55)43-49-33-18-14-30(24-35(33)51-43)37-20-21-38(57(37)32-16-12-29(13-17-32)28-10-11-28)31-15-19-34-36(25-31)52-44(50-34)40-9-7-23-56(40)46(59)42(27(3)4)54-48(62)63-5/h12-19,24-28,37-42,53H,6-11,20-23H2,1-5H3,(H,49,51)(H,50,52)(H,54,62)(H,60,61)/t37-,38-,39+,40+,41+,42+/m1/s1. The molecule has 4 fully saturated rings. The van der Waals surface area contributed by atoms with Gasteiger partial charge in [-0.15, -0.1) is 0 Å².